The Labute approximate surface area is 138 Å². The van der Waals surface area contributed by atoms with Gasteiger partial charge in [0, 0.05) is 24.5 Å². The summed E-state index contributed by atoms with van der Waals surface area (Å²) in [6.45, 7) is 2.94. The normalized spacial score (nSPS) is 19.8. The lowest BCUT2D eigenvalue weighted by Gasteiger charge is -2.33. The second-order valence-electron chi connectivity index (χ2n) is 6.39. The molecule has 0 amide bonds. The second kappa shape index (κ2) is 6.59. The van der Waals surface area contributed by atoms with Crippen molar-refractivity contribution in [1.29, 1.82) is 0 Å². The summed E-state index contributed by atoms with van der Waals surface area (Å²) >= 11 is 0. The van der Waals surface area contributed by atoms with E-state index >= 15 is 0 Å². The molecule has 0 saturated carbocycles. The molecule has 0 aliphatic carbocycles. The van der Waals surface area contributed by atoms with Crippen LogP contribution >= 0.6 is 0 Å². The molecule has 3 rings (SSSR count). The largest absolute Gasteiger partial charge is 0.423 e. The minimum absolute atomic E-state index is 0.0156. The summed E-state index contributed by atoms with van der Waals surface area (Å²) in [5.74, 6) is -1.29. The van der Waals surface area contributed by atoms with Gasteiger partial charge in [-0.1, -0.05) is 19.1 Å². The highest BCUT2D eigenvalue weighted by Gasteiger charge is 2.41. The van der Waals surface area contributed by atoms with Crippen molar-refractivity contribution >= 4 is 11.0 Å². The first-order valence-corrected chi connectivity index (χ1v) is 8.21. The van der Waals surface area contributed by atoms with E-state index in [0.717, 1.165) is 22.9 Å². The predicted octanol–water partition coefficient (Wildman–Crippen LogP) is 4.13. The zero-order chi connectivity index (χ0) is 17.3. The lowest BCUT2D eigenvalue weighted by atomic mass is 9.96. The molecule has 3 nitrogen and oxygen atoms in total. The number of halogens is 3. The summed E-state index contributed by atoms with van der Waals surface area (Å²) in [7, 11) is 0. The number of aryl methyl sites for hydroxylation is 1. The highest BCUT2D eigenvalue weighted by Crippen LogP contribution is 2.34. The average Bonchev–Trinajstić information content (AvgIpc) is 2.53. The zero-order valence-corrected chi connectivity index (χ0v) is 13.5. The van der Waals surface area contributed by atoms with Crippen LogP contribution in [0.25, 0.3) is 11.0 Å². The number of nitrogens with zero attached hydrogens (tertiary/aromatic N) is 1. The summed E-state index contributed by atoms with van der Waals surface area (Å²) in [5, 5.41) is 0.793. The summed E-state index contributed by atoms with van der Waals surface area (Å²) in [4.78, 5) is 13.6. The predicted molar refractivity (Wildman–Crippen MR) is 85.9 cm³/mol. The molecule has 6 heteroatoms. The van der Waals surface area contributed by atoms with Crippen LogP contribution in [0.2, 0.25) is 0 Å². The maximum atomic E-state index is 13.0. The molecule has 1 fully saturated rings. The van der Waals surface area contributed by atoms with E-state index in [4.69, 9.17) is 4.42 Å². The van der Waals surface area contributed by atoms with Gasteiger partial charge in [-0.2, -0.15) is 13.2 Å². The van der Waals surface area contributed by atoms with Gasteiger partial charge in [0.2, 0.25) is 0 Å². The number of hydrogen-bond donors (Lipinski definition) is 0. The van der Waals surface area contributed by atoms with Crippen molar-refractivity contribution in [3.8, 4) is 0 Å². The van der Waals surface area contributed by atoms with Crippen molar-refractivity contribution in [3.63, 3.8) is 0 Å². The third-order valence-electron chi connectivity index (χ3n) is 4.67. The molecule has 1 saturated heterocycles. The Bertz CT molecular complexity index is 782. The maximum absolute atomic E-state index is 13.0. The van der Waals surface area contributed by atoms with Gasteiger partial charge in [0.1, 0.15) is 5.58 Å². The van der Waals surface area contributed by atoms with Gasteiger partial charge in [-0.05, 0) is 43.0 Å². The molecule has 1 unspecified atom stereocenters. The molecule has 0 bridgehead atoms. The topological polar surface area (TPSA) is 33.5 Å². The molecule has 130 valence electrons. The minimum atomic E-state index is -4.16. The van der Waals surface area contributed by atoms with Crippen molar-refractivity contribution in [2.45, 2.75) is 38.9 Å². The molecule has 1 aromatic carbocycles. The Balaban J connectivity index is 1.88. The number of piperidine rings is 1. The van der Waals surface area contributed by atoms with Crippen molar-refractivity contribution in [1.82, 2.24) is 4.90 Å². The van der Waals surface area contributed by atoms with Crippen LogP contribution in [-0.4, -0.2) is 24.2 Å². The quantitative estimate of drug-likeness (QED) is 0.789. The highest BCUT2D eigenvalue weighted by molar-refractivity contribution is 5.80. The van der Waals surface area contributed by atoms with Crippen LogP contribution < -0.4 is 5.63 Å². The fourth-order valence-corrected chi connectivity index (χ4v) is 3.33. The van der Waals surface area contributed by atoms with E-state index in [1.807, 2.05) is 25.1 Å². The monoisotopic (exact) mass is 339 g/mol. The lowest BCUT2D eigenvalue weighted by Crippen LogP contribution is -2.41. The maximum Gasteiger partial charge on any atom is 0.393 e. The molecule has 24 heavy (non-hydrogen) atoms. The Morgan fingerprint density at radius 3 is 2.79 bits per heavy atom. The van der Waals surface area contributed by atoms with E-state index in [0.29, 0.717) is 25.1 Å². The third-order valence-corrected chi connectivity index (χ3v) is 4.67. The van der Waals surface area contributed by atoms with Gasteiger partial charge in [0.25, 0.3) is 0 Å². The molecule has 2 heterocycles. The molecule has 1 aliphatic heterocycles. The fraction of sp³-hybridized carbons (Fsp3) is 0.500. The van der Waals surface area contributed by atoms with E-state index in [-0.39, 0.29) is 13.0 Å². The van der Waals surface area contributed by atoms with Crippen molar-refractivity contribution in [3.05, 3.63) is 45.8 Å². The van der Waals surface area contributed by atoms with Crippen molar-refractivity contribution < 1.29 is 17.6 Å². The van der Waals surface area contributed by atoms with Crippen LogP contribution in [0, 0.1) is 5.92 Å². The summed E-state index contributed by atoms with van der Waals surface area (Å²) in [5.41, 5.74) is 1.82. The molecule has 1 aromatic heterocycles. The third kappa shape index (κ3) is 3.64. The van der Waals surface area contributed by atoms with Crippen LogP contribution in [0.4, 0.5) is 13.2 Å². The first-order valence-electron chi connectivity index (χ1n) is 8.21. The van der Waals surface area contributed by atoms with Crippen LogP contribution in [0.15, 0.2) is 33.5 Å². The number of rotatable bonds is 3. The Kier molecular flexibility index (Phi) is 4.67. The molecular formula is C18H20F3NO2. The van der Waals surface area contributed by atoms with Crippen LogP contribution in [0.1, 0.15) is 30.9 Å². The number of benzene rings is 1. The second-order valence-corrected chi connectivity index (χ2v) is 6.39. The molecule has 1 aliphatic rings. The fourth-order valence-electron chi connectivity index (χ4n) is 3.33. The van der Waals surface area contributed by atoms with E-state index < -0.39 is 17.7 Å². The first kappa shape index (κ1) is 17.0. The summed E-state index contributed by atoms with van der Waals surface area (Å²) < 4.78 is 44.1. The van der Waals surface area contributed by atoms with Gasteiger partial charge in [-0.25, -0.2) is 4.79 Å². The van der Waals surface area contributed by atoms with Crippen LogP contribution in [0.3, 0.4) is 0 Å². The molecular weight excluding hydrogens is 319 g/mol. The van der Waals surface area contributed by atoms with Gasteiger partial charge >= 0.3 is 11.8 Å². The first-order chi connectivity index (χ1) is 11.4. The SMILES string of the molecule is CCc1ccc2c(CN3CCCC(C(F)(F)F)C3)cc(=O)oc2c1. The lowest BCUT2D eigenvalue weighted by molar-refractivity contribution is -0.187. The summed E-state index contributed by atoms with van der Waals surface area (Å²) in [6.07, 6.45) is -2.64. The summed E-state index contributed by atoms with van der Waals surface area (Å²) in [6, 6.07) is 7.07. The van der Waals surface area contributed by atoms with Gasteiger partial charge < -0.3 is 4.42 Å². The highest BCUT2D eigenvalue weighted by atomic mass is 19.4. The van der Waals surface area contributed by atoms with E-state index in [9.17, 15) is 18.0 Å². The molecule has 1 atom stereocenters. The number of hydrogen-bond acceptors (Lipinski definition) is 3. The van der Waals surface area contributed by atoms with Gasteiger partial charge in [-0.3, -0.25) is 4.90 Å². The Morgan fingerprint density at radius 1 is 1.29 bits per heavy atom. The van der Waals surface area contributed by atoms with Gasteiger partial charge in [0.15, 0.2) is 0 Å². The van der Waals surface area contributed by atoms with Crippen molar-refractivity contribution in [2.24, 2.45) is 5.92 Å². The Hall–Kier alpha value is -1.82. The standard InChI is InChI=1S/C18H20F3NO2/c1-2-12-5-6-15-13(9-17(23)24-16(15)8-12)10-22-7-3-4-14(11-22)18(19,20)21/h5-6,8-9,14H,2-4,7,10-11H2,1H3. The van der Waals surface area contributed by atoms with E-state index in [2.05, 4.69) is 0 Å². The minimum Gasteiger partial charge on any atom is -0.423 e. The molecule has 2 aromatic rings. The van der Waals surface area contributed by atoms with Crippen molar-refractivity contribution in [2.75, 3.05) is 13.1 Å². The Morgan fingerprint density at radius 2 is 2.08 bits per heavy atom. The number of alkyl halides is 3. The number of likely N-dealkylation sites (tertiary alicyclic amines) is 1. The van der Waals surface area contributed by atoms with E-state index in [1.54, 1.807) is 4.90 Å². The molecule has 0 N–H and O–H groups in total. The number of fused-ring (bicyclic) bond motifs is 1. The smallest absolute Gasteiger partial charge is 0.393 e. The molecule has 0 spiro atoms. The van der Waals surface area contributed by atoms with Gasteiger partial charge in [-0.15, -0.1) is 0 Å². The zero-order valence-electron chi connectivity index (χ0n) is 13.5. The molecule has 0 radical (unpaired) electrons. The van der Waals surface area contributed by atoms with Crippen LogP contribution in [-0.2, 0) is 13.0 Å². The van der Waals surface area contributed by atoms with Gasteiger partial charge in [0.05, 0.1) is 5.92 Å². The average molecular weight is 339 g/mol. The van der Waals surface area contributed by atoms with E-state index in [1.165, 1.54) is 6.07 Å². The van der Waals surface area contributed by atoms with Crippen LogP contribution in [0.5, 0.6) is 0 Å².